The van der Waals surface area contributed by atoms with Crippen LogP contribution in [0, 0.1) is 13.8 Å². The summed E-state index contributed by atoms with van der Waals surface area (Å²) in [5.41, 5.74) is 3.43. The number of benzene rings is 2. The monoisotopic (exact) mass is 341 g/mol. The molecule has 0 fully saturated rings. The minimum absolute atomic E-state index is 0.0467. The number of hydrogen-bond acceptors (Lipinski definition) is 4. The highest BCUT2D eigenvalue weighted by Gasteiger charge is 2.19. The zero-order chi connectivity index (χ0) is 18.4. The van der Waals surface area contributed by atoms with Crippen LogP contribution in [0.1, 0.15) is 23.6 Å². The average Bonchev–Trinajstić information content (AvgIpc) is 2.58. The Morgan fingerprint density at radius 2 is 1.84 bits per heavy atom. The lowest BCUT2D eigenvalue weighted by molar-refractivity contribution is -0.152. The van der Waals surface area contributed by atoms with E-state index in [4.69, 9.17) is 9.47 Å². The van der Waals surface area contributed by atoms with Crippen LogP contribution < -0.4 is 10.1 Å². The summed E-state index contributed by atoms with van der Waals surface area (Å²) in [4.78, 5) is 24.4. The summed E-state index contributed by atoms with van der Waals surface area (Å²) >= 11 is 0. The van der Waals surface area contributed by atoms with Gasteiger partial charge in [0.15, 0.2) is 6.10 Å². The highest BCUT2D eigenvalue weighted by molar-refractivity contribution is 5.95. The van der Waals surface area contributed by atoms with Gasteiger partial charge >= 0.3 is 5.97 Å². The first-order chi connectivity index (χ1) is 11.9. The summed E-state index contributed by atoms with van der Waals surface area (Å²) in [6.45, 7) is 5.42. The van der Waals surface area contributed by atoms with Gasteiger partial charge in [0.2, 0.25) is 0 Å². The molecule has 0 aliphatic rings. The number of para-hydroxylation sites is 1. The molecule has 2 aromatic carbocycles. The van der Waals surface area contributed by atoms with Crippen LogP contribution in [0.2, 0.25) is 0 Å². The number of hydrogen-bond donors (Lipinski definition) is 1. The van der Waals surface area contributed by atoms with Crippen LogP contribution in [0.3, 0.4) is 0 Å². The maximum absolute atomic E-state index is 12.3. The Balaban J connectivity index is 1.96. The lowest BCUT2D eigenvalue weighted by Gasteiger charge is -2.15. The molecule has 1 amide bonds. The molecule has 1 atom stereocenters. The number of methoxy groups -OCH3 is 1. The molecule has 1 N–H and O–H groups in total. The van der Waals surface area contributed by atoms with E-state index in [9.17, 15) is 9.59 Å². The van der Waals surface area contributed by atoms with E-state index in [1.807, 2.05) is 44.2 Å². The molecule has 0 saturated heterocycles. The van der Waals surface area contributed by atoms with Crippen LogP contribution >= 0.6 is 0 Å². The van der Waals surface area contributed by atoms with E-state index in [0.29, 0.717) is 5.75 Å². The van der Waals surface area contributed by atoms with Crippen molar-refractivity contribution in [3.63, 3.8) is 0 Å². The zero-order valence-corrected chi connectivity index (χ0v) is 15.0. The first-order valence-electron chi connectivity index (χ1n) is 8.10. The molecular formula is C20H23NO4. The van der Waals surface area contributed by atoms with Crippen molar-refractivity contribution in [2.24, 2.45) is 0 Å². The van der Waals surface area contributed by atoms with Crippen molar-refractivity contribution < 1.29 is 19.1 Å². The first kappa shape index (κ1) is 18.5. The van der Waals surface area contributed by atoms with Crippen LogP contribution in [0.4, 0.5) is 5.69 Å². The number of carbonyl (C=O) groups excluding carboxylic acids is 2. The first-order valence-corrected chi connectivity index (χ1v) is 8.10. The van der Waals surface area contributed by atoms with Crippen molar-refractivity contribution in [3.05, 3.63) is 59.2 Å². The molecule has 25 heavy (non-hydrogen) atoms. The fourth-order valence-electron chi connectivity index (χ4n) is 2.40. The lowest BCUT2D eigenvalue weighted by Crippen LogP contribution is -2.30. The molecule has 0 spiro atoms. The van der Waals surface area contributed by atoms with Gasteiger partial charge < -0.3 is 14.8 Å². The third-order valence-corrected chi connectivity index (χ3v) is 3.86. The van der Waals surface area contributed by atoms with E-state index in [1.54, 1.807) is 26.2 Å². The van der Waals surface area contributed by atoms with Gasteiger partial charge in [-0.25, -0.2) is 0 Å². The van der Waals surface area contributed by atoms with Crippen LogP contribution in [0.5, 0.6) is 5.75 Å². The topological polar surface area (TPSA) is 64.6 Å². The highest BCUT2D eigenvalue weighted by atomic mass is 16.5. The molecule has 0 radical (unpaired) electrons. The minimum Gasteiger partial charge on any atom is -0.496 e. The van der Waals surface area contributed by atoms with E-state index < -0.39 is 12.1 Å². The average molecular weight is 341 g/mol. The Morgan fingerprint density at radius 3 is 2.56 bits per heavy atom. The van der Waals surface area contributed by atoms with Gasteiger partial charge in [-0.1, -0.05) is 30.3 Å². The summed E-state index contributed by atoms with van der Waals surface area (Å²) in [5.74, 6) is -0.220. The van der Waals surface area contributed by atoms with Crippen molar-refractivity contribution in [3.8, 4) is 5.75 Å². The third-order valence-electron chi connectivity index (χ3n) is 3.86. The predicted molar refractivity (Wildman–Crippen MR) is 96.8 cm³/mol. The molecule has 0 aliphatic carbocycles. The van der Waals surface area contributed by atoms with Crippen molar-refractivity contribution in [1.82, 2.24) is 0 Å². The molecular weight excluding hydrogens is 318 g/mol. The Labute approximate surface area is 148 Å². The Morgan fingerprint density at radius 1 is 1.12 bits per heavy atom. The maximum Gasteiger partial charge on any atom is 0.311 e. The quantitative estimate of drug-likeness (QED) is 0.818. The van der Waals surface area contributed by atoms with Gasteiger partial charge in [0.05, 0.1) is 13.5 Å². The van der Waals surface area contributed by atoms with Gasteiger partial charge in [0.25, 0.3) is 5.91 Å². The van der Waals surface area contributed by atoms with Crippen LogP contribution in [0.15, 0.2) is 42.5 Å². The van der Waals surface area contributed by atoms with Crippen molar-refractivity contribution in [2.75, 3.05) is 12.4 Å². The van der Waals surface area contributed by atoms with E-state index in [0.717, 1.165) is 22.4 Å². The molecule has 0 saturated carbocycles. The summed E-state index contributed by atoms with van der Waals surface area (Å²) in [6.07, 6.45) is -0.840. The fraction of sp³-hybridized carbons (Fsp3) is 0.300. The number of esters is 1. The minimum atomic E-state index is -0.887. The van der Waals surface area contributed by atoms with Gasteiger partial charge in [-0.15, -0.1) is 0 Å². The zero-order valence-electron chi connectivity index (χ0n) is 15.0. The van der Waals surface area contributed by atoms with Crippen molar-refractivity contribution >= 4 is 17.6 Å². The van der Waals surface area contributed by atoms with Crippen molar-refractivity contribution in [1.29, 1.82) is 0 Å². The number of anilines is 1. The molecule has 0 aromatic heterocycles. The number of nitrogens with one attached hydrogen (secondary N) is 1. The van der Waals surface area contributed by atoms with Crippen LogP contribution in [0.25, 0.3) is 0 Å². The highest BCUT2D eigenvalue weighted by Crippen LogP contribution is 2.19. The normalized spacial score (nSPS) is 11.5. The van der Waals surface area contributed by atoms with E-state index >= 15 is 0 Å². The number of aryl methyl sites for hydroxylation is 2. The van der Waals surface area contributed by atoms with Crippen LogP contribution in [-0.4, -0.2) is 25.1 Å². The van der Waals surface area contributed by atoms with Crippen LogP contribution in [-0.2, 0) is 20.7 Å². The van der Waals surface area contributed by atoms with Gasteiger partial charge in [-0.3, -0.25) is 9.59 Å². The molecule has 2 aromatic rings. The SMILES string of the molecule is COc1ccccc1CC(=O)O[C@@H](C)C(=O)Nc1cc(C)ccc1C. The van der Waals surface area contributed by atoms with E-state index in [1.165, 1.54) is 0 Å². The summed E-state index contributed by atoms with van der Waals surface area (Å²) in [7, 11) is 1.55. The van der Waals surface area contributed by atoms with Crippen molar-refractivity contribution in [2.45, 2.75) is 33.3 Å². The fourth-order valence-corrected chi connectivity index (χ4v) is 2.40. The van der Waals surface area contributed by atoms with E-state index in [2.05, 4.69) is 5.32 Å². The van der Waals surface area contributed by atoms with Gasteiger partial charge in [0, 0.05) is 11.3 Å². The molecule has 5 heteroatoms. The molecule has 0 heterocycles. The smallest absolute Gasteiger partial charge is 0.311 e. The summed E-state index contributed by atoms with van der Waals surface area (Å²) < 4.78 is 10.5. The predicted octanol–water partition coefficient (Wildman–Crippen LogP) is 3.42. The van der Waals surface area contributed by atoms with Gasteiger partial charge in [-0.05, 0) is 44.0 Å². The van der Waals surface area contributed by atoms with Gasteiger partial charge in [-0.2, -0.15) is 0 Å². The molecule has 132 valence electrons. The lowest BCUT2D eigenvalue weighted by atomic mass is 10.1. The summed E-state index contributed by atoms with van der Waals surface area (Å²) in [6, 6.07) is 13.0. The summed E-state index contributed by atoms with van der Waals surface area (Å²) in [5, 5.41) is 2.80. The second-order valence-corrected chi connectivity index (χ2v) is 5.93. The Hall–Kier alpha value is -2.82. The molecule has 0 unspecified atom stereocenters. The molecule has 0 bridgehead atoms. The third kappa shape index (κ3) is 5.08. The van der Waals surface area contributed by atoms with E-state index in [-0.39, 0.29) is 12.3 Å². The Bertz CT molecular complexity index is 770. The number of amides is 1. The van der Waals surface area contributed by atoms with Gasteiger partial charge in [0.1, 0.15) is 5.75 Å². The number of rotatable bonds is 6. The standard InChI is InChI=1S/C20H23NO4/c1-13-9-10-14(2)17(11-13)21-20(23)15(3)25-19(22)12-16-7-5-6-8-18(16)24-4/h5-11,15H,12H2,1-4H3,(H,21,23)/t15-/m0/s1. The maximum atomic E-state index is 12.3. The number of ether oxygens (including phenoxy) is 2. The largest absolute Gasteiger partial charge is 0.496 e. The number of carbonyl (C=O) groups is 2. The molecule has 0 aliphatic heterocycles. The Kier molecular flexibility index (Phi) is 6.17. The molecule has 5 nitrogen and oxygen atoms in total. The second kappa shape index (κ2) is 8.33. The molecule has 2 rings (SSSR count). The second-order valence-electron chi connectivity index (χ2n) is 5.93.